The molecule has 0 saturated heterocycles. The number of phenols is 1. The number of anilines is 1. The van der Waals surface area contributed by atoms with Crippen LogP contribution in [-0.2, 0) is 11.0 Å². The molecule has 0 bridgehead atoms. The molecule has 2 aromatic carbocycles. The van der Waals surface area contributed by atoms with Gasteiger partial charge in [0.15, 0.2) is 5.75 Å². The van der Waals surface area contributed by atoms with Crippen LogP contribution in [0, 0.1) is 0 Å². The summed E-state index contributed by atoms with van der Waals surface area (Å²) in [4.78, 5) is 10.5. The van der Waals surface area contributed by atoms with E-state index in [4.69, 9.17) is 9.84 Å². The molecule has 7 heteroatoms. The molecular formula is C14H10F3NO3. The molecule has 2 aromatic rings. The standard InChI is InChI=1S/C14H10F3NO3/c15-14(16,17)9-1-6-13(12(7-9)18-8-19)21-11-4-2-10(20)3-5-11/h1-8,20H,(H,18,19). The van der Waals surface area contributed by atoms with Gasteiger partial charge in [0.2, 0.25) is 6.41 Å². The zero-order valence-electron chi connectivity index (χ0n) is 10.5. The third-order valence-corrected chi connectivity index (χ3v) is 2.59. The van der Waals surface area contributed by atoms with Crippen molar-refractivity contribution in [1.82, 2.24) is 0 Å². The predicted octanol–water partition coefficient (Wildman–Crippen LogP) is 3.77. The van der Waals surface area contributed by atoms with Crippen molar-refractivity contribution in [3.63, 3.8) is 0 Å². The second kappa shape index (κ2) is 5.74. The van der Waals surface area contributed by atoms with Gasteiger partial charge in [-0.1, -0.05) is 0 Å². The minimum absolute atomic E-state index is 0.0287. The van der Waals surface area contributed by atoms with Gasteiger partial charge in [-0.05, 0) is 42.5 Å². The van der Waals surface area contributed by atoms with Gasteiger partial charge in [-0.25, -0.2) is 0 Å². The Balaban J connectivity index is 2.34. The molecule has 2 rings (SSSR count). The van der Waals surface area contributed by atoms with Crippen molar-refractivity contribution in [3.05, 3.63) is 48.0 Å². The van der Waals surface area contributed by atoms with Crippen molar-refractivity contribution in [1.29, 1.82) is 0 Å². The quantitative estimate of drug-likeness (QED) is 0.844. The highest BCUT2D eigenvalue weighted by molar-refractivity contribution is 5.76. The number of carbonyl (C=O) groups is 1. The summed E-state index contributed by atoms with van der Waals surface area (Å²) in [7, 11) is 0. The Labute approximate surface area is 117 Å². The molecule has 21 heavy (non-hydrogen) atoms. The van der Waals surface area contributed by atoms with E-state index >= 15 is 0 Å². The number of aromatic hydroxyl groups is 1. The first-order valence-electron chi connectivity index (χ1n) is 5.78. The number of rotatable bonds is 4. The molecule has 0 heterocycles. The Morgan fingerprint density at radius 1 is 1.10 bits per heavy atom. The first-order chi connectivity index (χ1) is 9.90. The molecule has 110 valence electrons. The Morgan fingerprint density at radius 3 is 2.33 bits per heavy atom. The molecule has 0 aliphatic carbocycles. The fourth-order valence-corrected chi connectivity index (χ4v) is 1.61. The molecule has 0 fully saturated rings. The van der Waals surface area contributed by atoms with Crippen LogP contribution in [0.4, 0.5) is 18.9 Å². The van der Waals surface area contributed by atoms with E-state index in [0.717, 1.165) is 18.2 Å². The third-order valence-electron chi connectivity index (χ3n) is 2.59. The normalized spacial score (nSPS) is 11.0. The number of hydrogen-bond donors (Lipinski definition) is 2. The Hall–Kier alpha value is -2.70. The van der Waals surface area contributed by atoms with E-state index in [9.17, 15) is 18.0 Å². The van der Waals surface area contributed by atoms with Crippen LogP contribution < -0.4 is 10.1 Å². The number of carbonyl (C=O) groups excluding carboxylic acids is 1. The molecule has 0 aromatic heterocycles. The van der Waals surface area contributed by atoms with E-state index in [0.29, 0.717) is 5.75 Å². The zero-order chi connectivity index (χ0) is 15.5. The number of ether oxygens (including phenoxy) is 1. The minimum Gasteiger partial charge on any atom is -0.508 e. The first kappa shape index (κ1) is 14.7. The van der Waals surface area contributed by atoms with Gasteiger partial charge < -0.3 is 15.2 Å². The van der Waals surface area contributed by atoms with Crippen LogP contribution in [0.2, 0.25) is 0 Å². The average Bonchev–Trinajstić information content (AvgIpc) is 2.42. The van der Waals surface area contributed by atoms with Gasteiger partial charge in [-0.3, -0.25) is 4.79 Å². The number of phenolic OH excluding ortho intramolecular Hbond substituents is 1. The maximum absolute atomic E-state index is 12.6. The second-order valence-corrected chi connectivity index (χ2v) is 4.07. The minimum atomic E-state index is -4.52. The lowest BCUT2D eigenvalue weighted by molar-refractivity contribution is -0.137. The number of benzene rings is 2. The Bertz CT molecular complexity index is 639. The lowest BCUT2D eigenvalue weighted by atomic mass is 10.2. The van der Waals surface area contributed by atoms with Crippen LogP contribution in [0.5, 0.6) is 17.2 Å². The van der Waals surface area contributed by atoms with Crippen LogP contribution in [-0.4, -0.2) is 11.5 Å². The lowest BCUT2D eigenvalue weighted by Crippen LogP contribution is -2.06. The molecular weight excluding hydrogens is 287 g/mol. The first-order valence-corrected chi connectivity index (χ1v) is 5.78. The highest BCUT2D eigenvalue weighted by Crippen LogP contribution is 2.36. The summed E-state index contributed by atoms with van der Waals surface area (Å²) in [5, 5.41) is 11.3. The van der Waals surface area contributed by atoms with E-state index in [-0.39, 0.29) is 23.6 Å². The average molecular weight is 297 g/mol. The maximum Gasteiger partial charge on any atom is 0.416 e. The summed E-state index contributed by atoms with van der Waals surface area (Å²) in [5.41, 5.74) is -1.00. The van der Waals surface area contributed by atoms with Crippen LogP contribution in [0.1, 0.15) is 5.56 Å². The summed E-state index contributed by atoms with van der Waals surface area (Å²) < 4.78 is 43.3. The van der Waals surface area contributed by atoms with Crippen molar-refractivity contribution in [2.45, 2.75) is 6.18 Å². The van der Waals surface area contributed by atoms with Crippen molar-refractivity contribution in [3.8, 4) is 17.2 Å². The summed E-state index contributed by atoms with van der Waals surface area (Å²) in [6.07, 6.45) is -4.25. The fraction of sp³-hybridized carbons (Fsp3) is 0.0714. The van der Waals surface area contributed by atoms with E-state index in [1.165, 1.54) is 24.3 Å². The van der Waals surface area contributed by atoms with Gasteiger partial charge in [0.25, 0.3) is 0 Å². The highest BCUT2D eigenvalue weighted by atomic mass is 19.4. The lowest BCUT2D eigenvalue weighted by Gasteiger charge is -2.13. The molecule has 0 aliphatic heterocycles. The fourth-order valence-electron chi connectivity index (χ4n) is 1.61. The summed E-state index contributed by atoms with van der Waals surface area (Å²) in [5.74, 6) is 0.392. The molecule has 0 unspecified atom stereocenters. The summed E-state index contributed by atoms with van der Waals surface area (Å²) in [6, 6.07) is 8.37. The molecule has 0 aliphatic rings. The van der Waals surface area contributed by atoms with Crippen LogP contribution in [0.15, 0.2) is 42.5 Å². The Kier molecular flexibility index (Phi) is 4.02. The van der Waals surface area contributed by atoms with Crippen LogP contribution in [0.25, 0.3) is 0 Å². The monoisotopic (exact) mass is 297 g/mol. The molecule has 4 nitrogen and oxygen atoms in total. The van der Waals surface area contributed by atoms with Gasteiger partial charge in [-0.15, -0.1) is 0 Å². The molecule has 0 spiro atoms. The van der Waals surface area contributed by atoms with E-state index in [1.54, 1.807) is 0 Å². The van der Waals surface area contributed by atoms with Crippen molar-refractivity contribution >= 4 is 12.1 Å². The molecule has 1 amide bonds. The molecule has 0 saturated carbocycles. The largest absolute Gasteiger partial charge is 0.508 e. The van der Waals surface area contributed by atoms with E-state index in [2.05, 4.69) is 5.32 Å². The third kappa shape index (κ3) is 3.65. The second-order valence-electron chi connectivity index (χ2n) is 4.07. The highest BCUT2D eigenvalue weighted by Gasteiger charge is 2.31. The number of nitrogens with one attached hydrogen (secondary N) is 1. The number of alkyl halides is 3. The Morgan fingerprint density at radius 2 is 1.76 bits per heavy atom. The van der Waals surface area contributed by atoms with Gasteiger partial charge in [0.1, 0.15) is 11.5 Å². The van der Waals surface area contributed by atoms with Crippen molar-refractivity contribution in [2.75, 3.05) is 5.32 Å². The van der Waals surface area contributed by atoms with E-state index < -0.39 is 11.7 Å². The number of amides is 1. The summed E-state index contributed by atoms with van der Waals surface area (Å²) >= 11 is 0. The predicted molar refractivity (Wildman–Crippen MR) is 69.3 cm³/mol. The smallest absolute Gasteiger partial charge is 0.416 e. The zero-order valence-corrected chi connectivity index (χ0v) is 10.5. The van der Waals surface area contributed by atoms with Crippen molar-refractivity contribution < 1.29 is 27.8 Å². The number of halogens is 3. The summed E-state index contributed by atoms with van der Waals surface area (Å²) in [6.45, 7) is 0. The topological polar surface area (TPSA) is 58.6 Å². The maximum atomic E-state index is 12.6. The van der Waals surface area contributed by atoms with Gasteiger partial charge in [0, 0.05) is 0 Å². The van der Waals surface area contributed by atoms with E-state index in [1.807, 2.05) is 0 Å². The van der Waals surface area contributed by atoms with Gasteiger partial charge in [0.05, 0.1) is 11.3 Å². The number of hydrogen-bond acceptors (Lipinski definition) is 3. The SMILES string of the molecule is O=CNc1cc(C(F)(F)F)ccc1Oc1ccc(O)cc1. The molecule has 2 N–H and O–H groups in total. The van der Waals surface area contributed by atoms with Crippen molar-refractivity contribution in [2.24, 2.45) is 0 Å². The van der Waals surface area contributed by atoms with Gasteiger partial charge in [-0.2, -0.15) is 13.2 Å². The van der Waals surface area contributed by atoms with Crippen LogP contribution >= 0.6 is 0 Å². The van der Waals surface area contributed by atoms with Crippen LogP contribution in [0.3, 0.4) is 0 Å². The molecule has 0 radical (unpaired) electrons. The molecule has 0 atom stereocenters. The van der Waals surface area contributed by atoms with Gasteiger partial charge >= 0.3 is 6.18 Å².